The van der Waals surface area contributed by atoms with Crippen molar-refractivity contribution in [3.8, 4) is 0 Å². The number of esters is 1. The highest BCUT2D eigenvalue weighted by Crippen LogP contribution is 2.67. The minimum absolute atomic E-state index is 0.000253. The van der Waals surface area contributed by atoms with E-state index in [4.69, 9.17) is 4.74 Å². The minimum atomic E-state index is -0.000253. The van der Waals surface area contributed by atoms with Gasteiger partial charge >= 0.3 is 5.97 Å². The number of unbranched alkanes of at least 4 members (excludes halogenated alkanes) is 5. The van der Waals surface area contributed by atoms with Gasteiger partial charge in [-0.15, -0.1) is 0 Å². The van der Waals surface area contributed by atoms with Crippen molar-refractivity contribution in [2.75, 3.05) is 0 Å². The molecule has 4 aromatic rings. The van der Waals surface area contributed by atoms with E-state index >= 15 is 0 Å². The predicted molar refractivity (Wildman–Crippen MR) is 234 cm³/mol. The summed E-state index contributed by atoms with van der Waals surface area (Å²) in [5.74, 6) is 5.36. The first-order chi connectivity index (χ1) is 27.1. The third-order valence-electron chi connectivity index (χ3n) is 16.4. The van der Waals surface area contributed by atoms with Crippen molar-refractivity contribution in [3.05, 3.63) is 71.8 Å². The van der Waals surface area contributed by atoms with E-state index < -0.39 is 0 Å². The van der Waals surface area contributed by atoms with Crippen LogP contribution < -0.4 is 0 Å². The molecule has 0 bridgehead atoms. The van der Waals surface area contributed by atoms with Gasteiger partial charge in [-0.05, 0) is 136 Å². The van der Waals surface area contributed by atoms with Crippen molar-refractivity contribution in [1.82, 2.24) is 0 Å². The molecule has 0 aromatic heterocycles. The zero-order valence-electron chi connectivity index (χ0n) is 35.5. The Hall–Kier alpha value is -3.20. The molecule has 3 fully saturated rings. The molecule has 4 aliphatic rings. The first-order valence-electron chi connectivity index (χ1n) is 23.2. The second kappa shape index (κ2) is 16.6. The Bertz CT molecular complexity index is 2020. The first-order valence-corrected chi connectivity index (χ1v) is 23.2. The van der Waals surface area contributed by atoms with Crippen molar-refractivity contribution in [2.24, 2.45) is 46.3 Å². The molecule has 300 valence electrons. The highest BCUT2D eigenvalue weighted by atomic mass is 16.5. The zero-order chi connectivity index (χ0) is 39.0. The number of rotatable bonds is 16. The molecule has 8 atom stereocenters. The summed E-state index contributed by atoms with van der Waals surface area (Å²) in [6.07, 6.45) is 24.2. The molecule has 8 rings (SSSR count). The van der Waals surface area contributed by atoms with Gasteiger partial charge in [0.05, 0.1) is 0 Å². The maximum Gasteiger partial charge on any atom is 0.306 e. The third kappa shape index (κ3) is 7.59. The highest BCUT2D eigenvalue weighted by Gasteiger charge is 2.59. The normalized spacial score (nSPS) is 29.3. The van der Waals surface area contributed by atoms with Crippen LogP contribution >= 0.6 is 0 Å². The number of hydrogen-bond donors (Lipinski definition) is 0. The lowest BCUT2D eigenvalue weighted by atomic mass is 9.47. The van der Waals surface area contributed by atoms with Gasteiger partial charge in [0.1, 0.15) is 6.10 Å². The quantitative estimate of drug-likeness (QED) is 0.0376. The molecule has 0 radical (unpaired) electrons. The van der Waals surface area contributed by atoms with Gasteiger partial charge in [-0.3, -0.25) is 9.59 Å². The van der Waals surface area contributed by atoms with Gasteiger partial charge in [0.2, 0.25) is 0 Å². The van der Waals surface area contributed by atoms with Gasteiger partial charge in [0.15, 0.2) is 5.78 Å². The summed E-state index contributed by atoms with van der Waals surface area (Å²) in [6.45, 7) is 12.6. The fraction of sp³-hybridized carbons (Fsp3) is 0.623. The Morgan fingerprint density at radius 3 is 2.18 bits per heavy atom. The predicted octanol–water partition coefficient (Wildman–Crippen LogP) is 14.8. The monoisotopic (exact) mass is 755 g/mol. The molecule has 4 aromatic carbocycles. The summed E-state index contributed by atoms with van der Waals surface area (Å²) in [6, 6.07) is 19.2. The van der Waals surface area contributed by atoms with Gasteiger partial charge in [-0.25, -0.2) is 0 Å². The number of allylic oxidation sites excluding steroid dienone is 1. The van der Waals surface area contributed by atoms with E-state index in [9.17, 15) is 9.59 Å². The Morgan fingerprint density at radius 1 is 0.714 bits per heavy atom. The number of benzene rings is 4. The van der Waals surface area contributed by atoms with Crippen molar-refractivity contribution in [3.63, 3.8) is 0 Å². The van der Waals surface area contributed by atoms with E-state index in [1.165, 1.54) is 84.7 Å². The van der Waals surface area contributed by atoms with Crippen LogP contribution in [0.5, 0.6) is 0 Å². The van der Waals surface area contributed by atoms with Crippen LogP contribution in [-0.2, 0) is 9.53 Å². The van der Waals surface area contributed by atoms with Gasteiger partial charge in [-0.1, -0.05) is 146 Å². The summed E-state index contributed by atoms with van der Waals surface area (Å²) in [4.78, 5) is 26.4. The number of carbonyl (C=O) groups is 2. The van der Waals surface area contributed by atoms with Crippen molar-refractivity contribution >= 4 is 44.1 Å². The Balaban J connectivity index is 0.747. The average Bonchev–Trinajstić information content (AvgIpc) is 3.55. The van der Waals surface area contributed by atoms with Gasteiger partial charge in [0, 0.05) is 24.8 Å². The molecule has 3 heteroatoms. The van der Waals surface area contributed by atoms with E-state index in [0.717, 1.165) is 97.8 Å². The molecule has 0 amide bonds. The zero-order valence-corrected chi connectivity index (χ0v) is 35.5. The lowest BCUT2D eigenvalue weighted by Gasteiger charge is -2.58. The SMILES string of the molecule is CC(C)CCCC(C)[C@H]1CC[C@H]2[C@@H]3CC=C4C[C@@H](OC(=O)CCCCCCCCC(=O)c5ccc6ccc7cccc8ccc5c6c78)CC[C@]4(C)[C@H]3CC[C@]12C. The summed E-state index contributed by atoms with van der Waals surface area (Å²) in [5, 5.41) is 7.24. The fourth-order valence-corrected chi connectivity index (χ4v) is 13.4. The molecule has 0 saturated heterocycles. The average molecular weight is 755 g/mol. The van der Waals surface area contributed by atoms with Crippen LogP contribution in [-0.4, -0.2) is 17.9 Å². The molecule has 0 heterocycles. The summed E-state index contributed by atoms with van der Waals surface area (Å²) < 4.78 is 6.16. The molecule has 3 saturated carbocycles. The van der Waals surface area contributed by atoms with Crippen LogP contribution in [0.15, 0.2) is 66.2 Å². The van der Waals surface area contributed by atoms with Crippen molar-refractivity contribution in [2.45, 2.75) is 163 Å². The van der Waals surface area contributed by atoms with Crippen LogP contribution in [0.2, 0.25) is 0 Å². The maximum absolute atomic E-state index is 13.4. The largest absolute Gasteiger partial charge is 0.462 e. The number of ketones is 1. The number of fused-ring (bicyclic) bond motifs is 5. The number of ether oxygens (including phenoxy) is 1. The molecule has 4 aliphatic carbocycles. The molecular formula is C53H70O3. The topological polar surface area (TPSA) is 43.4 Å². The molecule has 0 aliphatic heterocycles. The number of Topliss-reactive ketones (excluding diaryl/α,β-unsaturated/α-hetero) is 1. The Labute approximate surface area is 338 Å². The standard InChI is InChI=1S/C53H70O3/c1-35(2)14-12-15-36(3)45-28-29-46-44-27-24-40-34-41(30-32-52(40,4)47(44)31-33-53(45,46)5)56-49(55)19-11-9-7-6-8-10-18-48(54)42-25-22-39-21-20-37-16-13-17-38-23-26-43(42)51(39)50(37)38/h13,16-17,20-26,35-36,41,44-47H,6-12,14-15,18-19,27-34H2,1-5H3/t36?,41-,44-,45+,46-,47-,52-,53+/m0/s1. The lowest BCUT2D eigenvalue weighted by Crippen LogP contribution is -2.51. The summed E-state index contributed by atoms with van der Waals surface area (Å²) in [7, 11) is 0. The molecule has 0 spiro atoms. The molecular weight excluding hydrogens is 685 g/mol. The maximum atomic E-state index is 13.4. The molecule has 56 heavy (non-hydrogen) atoms. The van der Waals surface area contributed by atoms with Crippen LogP contribution in [0.4, 0.5) is 0 Å². The van der Waals surface area contributed by atoms with Gasteiger partial charge in [0.25, 0.3) is 0 Å². The highest BCUT2D eigenvalue weighted by molar-refractivity contribution is 6.26. The molecule has 3 nitrogen and oxygen atoms in total. The van der Waals surface area contributed by atoms with E-state index in [1.54, 1.807) is 5.57 Å². The second-order valence-corrected chi connectivity index (χ2v) is 20.2. The van der Waals surface area contributed by atoms with Crippen LogP contribution in [0.3, 0.4) is 0 Å². The fourth-order valence-electron chi connectivity index (χ4n) is 13.4. The lowest BCUT2D eigenvalue weighted by molar-refractivity contribution is -0.151. The van der Waals surface area contributed by atoms with Crippen molar-refractivity contribution in [1.29, 1.82) is 0 Å². The molecule has 0 N–H and O–H groups in total. The van der Waals surface area contributed by atoms with Crippen LogP contribution in [0.1, 0.15) is 167 Å². The third-order valence-corrected chi connectivity index (χ3v) is 16.4. The molecule has 1 unspecified atom stereocenters. The van der Waals surface area contributed by atoms with Crippen LogP contribution in [0.25, 0.3) is 32.3 Å². The number of carbonyl (C=O) groups excluding carboxylic acids is 2. The van der Waals surface area contributed by atoms with E-state index in [-0.39, 0.29) is 17.9 Å². The smallest absolute Gasteiger partial charge is 0.306 e. The van der Waals surface area contributed by atoms with Gasteiger partial charge < -0.3 is 4.74 Å². The summed E-state index contributed by atoms with van der Waals surface area (Å²) in [5.41, 5.74) is 3.29. The van der Waals surface area contributed by atoms with Crippen LogP contribution in [0, 0.1) is 46.3 Å². The Morgan fingerprint density at radius 2 is 1.41 bits per heavy atom. The van der Waals surface area contributed by atoms with Crippen molar-refractivity contribution < 1.29 is 14.3 Å². The minimum Gasteiger partial charge on any atom is -0.462 e. The van der Waals surface area contributed by atoms with E-state index in [1.807, 2.05) is 6.07 Å². The first kappa shape index (κ1) is 39.6. The van der Waals surface area contributed by atoms with E-state index in [0.29, 0.717) is 23.7 Å². The number of hydrogen-bond acceptors (Lipinski definition) is 3. The second-order valence-electron chi connectivity index (χ2n) is 20.2. The van der Waals surface area contributed by atoms with Gasteiger partial charge in [-0.2, -0.15) is 0 Å². The Kier molecular flexibility index (Phi) is 11.7. The summed E-state index contributed by atoms with van der Waals surface area (Å²) >= 11 is 0. The van der Waals surface area contributed by atoms with E-state index in [2.05, 4.69) is 89.2 Å².